The lowest BCUT2D eigenvalue weighted by Gasteiger charge is -2.34. The van der Waals surface area contributed by atoms with E-state index in [9.17, 15) is 13.2 Å². The molecule has 1 aromatic heterocycles. The Bertz CT molecular complexity index is 1470. The number of piperazine rings is 1. The van der Waals surface area contributed by atoms with Crippen LogP contribution in [0.3, 0.4) is 0 Å². The molecule has 0 N–H and O–H groups in total. The third kappa shape index (κ3) is 4.10. The minimum atomic E-state index is -3.62. The maximum atomic E-state index is 13.2. The summed E-state index contributed by atoms with van der Waals surface area (Å²) < 4.78 is 29.7. The van der Waals surface area contributed by atoms with E-state index in [0.29, 0.717) is 18.7 Å². The molecule has 0 spiro atoms. The van der Waals surface area contributed by atoms with Crippen LogP contribution in [0.5, 0.6) is 0 Å². The topological polar surface area (TPSA) is 75.5 Å². The molecule has 0 bridgehead atoms. The monoisotopic (exact) mass is 474 g/mol. The summed E-state index contributed by atoms with van der Waals surface area (Å²) in [7, 11) is -3.62. The van der Waals surface area contributed by atoms with E-state index in [1.807, 2.05) is 67.1 Å². The van der Waals surface area contributed by atoms with Gasteiger partial charge in [0, 0.05) is 37.4 Å². The molecule has 34 heavy (non-hydrogen) atoms. The number of amides is 1. The maximum Gasteiger partial charge on any atom is 0.253 e. The first kappa shape index (κ1) is 22.3. The Labute approximate surface area is 199 Å². The fraction of sp³-hybridized carbons (Fsp3) is 0.231. The van der Waals surface area contributed by atoms with Gasteiger partial charge in [-0.1, -0.05) is 30.3 Å². The minimum Gasteiger partial charge on any atom is -0.336 e. The predicted octanol–water partition coefficient (Wildman–Crippen LogP) is 3.79. The van der Waals surface area contributed by atoms with Gasteiger partial charge in [0.1, 0.15) is 0 Å². The van der Waals surface area contributed by atoms with Crippen LogP contribution >= 0.6 is 0 Å². The van der Waals surface area contributed by atoms with E-state index < -0.39 is 10.0 Å². The first-order valence-corrected chi connectivity index (χ1v) is 12.7. The molecule has 174 valence electrons. The number of carbonyl (C=O) groups excluding carboxylic acids is 1. The number of benzene rings is 3. The van der Waals surface area contributed by atoms with Gasteiger partial charge < -0.3 is 4.90 Å². The number of sulfonamides is 1. The molecule has 0 atom stereocenters. The molecule has 1 saturated heterocycles. The van der Waals surface area contributed by atoms with Crippen molar-refractivity contribution in [3.63, 3.8) is 0 Å². The van der Waals surface area contributed by atoms with Crippen molar-refractivity contribution >= 4 is 26.7 Å². The van der Waals surface area contributed by atoms with Crippen LogP contribution in [0.4, 0.5) is 0 Å². The lowest BCUT2D eigenvalue weighted by Crippen LogP contribution is -2.50. The molecular weight excluding hydrogens is 448 g/mol. The molecule has 5 rings (SSSR count). The smallest absolute Gasteiger partial charge is 0.253 e. The quantitative estimate of drug-likeness (QED) is 0.451. The van der Waals surface area contributed by atoms with Gasteiger partial charge in [-0.15, -0.1) is 0 Å². The van der Waals surface area contributed by atoms with Crippen molar-refractivity contribution in [3.05, 3.63) is 89.7 Å². The first-order valence-electron chi connectivity index (χ1n) is 11.2. The van der Waals surface area contributed by atoms with Crippen LogP contribution in [0.25, 0.3) is 16.5 Å². The standard InChI is InChI=1S/C26H26N4O3S/c1-19-17-20(2)30(27-19)24-10-7-22(8-11-24)26(31)28-13-15-29(16-14-28)34(32,33)25-12-9-21-5-3-4-6-23(21)18-25/h3-12,17-18H,13-16H2,1-2H3. The van der Waals surface area contributed by atoms with Crippen molar-refractivity contribution in [2.45, 2.75) is 18.7 Å². The summed E-state index contributed by atoms with van der Waals surface area (Å²) in [5.41, 5.74) is 3.44. The van der Waals surface area contributed by atoms with Crippen LogP contribution < -0.4 is 0 Å². The second-order valence-corrected chi connectivity index (χ2v) is 10.5. The fourth-order valence-electron chi connectivity index (χ4n) is 4.43. The second kappa shape index (κ2) is 8.70. The SMILES string of the molecule is Cc1cc(C)n(-c2ccc(C(=O)N3CCN(S(=O)(=O)c4ccc5ccccc5c4)CC3)cc2)n1. The highest BCUT2D eigenvalue weighted by Crippen LogP contribution is 2.23. The molecule has 1 amide bonds. The Balaban J connectivity index is 1.27. The zero-order valence-electron chi connectivity index (χ0n) is 19.2. The molecule has 1 fully saturated rings. The van der Waals surface area contributed by atoms with Crippen molar-refractivity contribution in [1.29, 1.82) is 0 Å². The molecule has 0 saturated carbocycles. The summed E-state index contributed by atoms with van der Waals surface area (Å²) in [6.07, 6.45) is 0. The Morgan fingerprint density at radius 2 is 1.50 bits per heavy atom. The highest BCUT2D eigenvalue weighted by molar-refractivity contribution is 7.89. The lowest BCUT2D eigenvalue weighted by molar-refractivity contribution is 0.0698. The van der Waals surface area contributed by atoms with E-state index >= 15 is 0 Å². The molecule has 2 heterocycles. The summed E-state index contributed by atoms with van der Waals surface area (Å²) >= 11 is 0. The molecule has 4 aromatic rings. The van der Waals surface area contributed by atoms with Crippen molar-refractivity contribution in [1.82, 2.24) is 19.0 Å². The second-order valence-electron chi connectivity index (χ2n) is 8.59. The molecule has 3 aromatic carbocycles. The zero-order chi connectivity index (χ0) is 23.9. The van der Waals surface area contributed by atoms with E-state index in [0.717, 1.165) is 27.8 Å². The lowest BCUT2D eigenvalue weighted by atomic mass is 10.1. The van der Waals surface area contributed by atoms with Crippen LogP contribution in [0.2, 0.25) is 0 Å². The number of aryl methyl sites for hydroxylation is 2. The van der Waals surface area contributed by atoms with Crippen molar-refractivity contribution < 1.29 is 13.2 Å². The van der Waals surface area contributed by atoms with E-state index in [2.05, 4.69) is 5.10 Å². The average Bonchev–Trinajstić information content (AvgIpc) is 3.21. The van der Waals surface area contributed by atoms with Gasteiger partial charge in [-0.2, -0.15) is 9.40 Å². The Morgan fingerprint density at radius 1 is 0.824 bits per heavy atom. The number of hydrogen-bond acceptors (Lipinski definition) is 4. The highest BCUT2D eigenvalue weighted by Gasteiger charge is 2.30. The van der Waals surface area contributed by atoms with Gasteiger partial charge in [-0.05, 0) is 67.1 Å². The van der Waals surface area contributed by atoms with Gasteiger partial charge in [0.05, 0.1) is 16.3 Å². The van der Waals surface area contributed by atoms with Crippen LogP contribution in [0.1, 0.15) is 21.7 Å². The van der Waals surface area contributed by atoms with Crippen molar-refractivity contribution in [2.75, 3.05) is 26.2 Å². The molecular formula is C26H26N4O3S. The van der Waals surface area contributed by atoms with Crippen molar-refractivity contribution in [2.24, 2.45) is 0 Å². The molecule has 0 radical (unpaired) electrons. The summed E-state index contributed by atoms with van der Waals surface area (Å²) in [5, 5.41) is 6.37. The Morgan fingerprint density at radius 3 is 2.15 bits per heavy atom. The summed E-state index contributed by atoms with van der Waals surface area (Å²) in [5.74, 6) is -0.0947. The summed E-state index contributed by atoms with van der Waals surface area (Å²) in [6.45, 7) is 5.18. The van der Waals surface area contributed by atoms with Crippen LogP contribution in [-0.4, -0.2) is 59.5 Å². The summed E-state index contributed by atoms with van der Waals surface area (Å²) in [4.78, 5) is 15.0. The van der Waals surface area contributed by atoms with Gasteiger partial charge >= 0.3 is 0 Å². The maximum absolute atomic E-state index is 13.2. The zero-order valence-corrected chi connectivity index (χ0v) is 20.0. The molecule has 1 aliphatic heterocycles. The molecule has 7 nitrogen and oxygen atoms in total. The Kier molecular flexibility index (Phi) is 5.71. The van der Waals surface area contributed by atoms with E-state index in [1.54, 1.807) is 29.2 Å². The third-order valence-electron chi connectivity index (χ3n) is 6.25. The number of aromatic nitrogens is 2. The van der Waals surface area contributed by atoms with Gasteiger partial charge in [-0.25, -0.2) is 13.1 Å². The predicted molar refractivity (Wildman–Crippen MR) is 132 cm³/mol. The number of rotatable bonds is 4. The van der Waals surface area contributed by atoms with Gasteiger partial charge in [0.15, 0.2) is 0 Å². The molecule has 0 unspecified atom stereocenters. The average molecular weight is 475 g/mol. The fourth-order valence-corrected chi connectivity index (χ4v) is 5.88. The summed E-state index contributed by atoms with van der Waals surface area (Å²) in [6, 6.07) is 22.3. The highest BCUT2D eigenvalue weighted by atomic mass is 32.2. The number of fused-ring (bicyclic) bond motifs is 1. The van der Waals surface area contributed by atoms with Crippen molar-refractivity contribution in [3.8, 4) is 5.69 Å². The Hall–Kier alpha value is -3.49. The van der Waals surface area contributed by atoms with Gasteiger partial charge in [0.25, 0.3) is 5.91 Å². The van der Waals surface area contributed by atoms with Crippen LogP contribution in [0.15, 0.2) is 77.7 Å². The van der Waals surface area contributed by atoms with E-state index in [-0.39, 0.29) is 23.9 Å². The van der Waals surface area contributed by atoms with Gasteiger partial charge in [0.2, 0.25) is 10.0 Å². The van der Waals surface area contributed by atoms with E-state index in [4.69, 9.17) is 0 Å². The molecule has 0 aliphatic carbocycles. The largest absolute Gasteiger partial charge is 0.336 e. The van der Waals surface area contributed by atoms with Gasteiger partial charge in [-0.3, -0.25) is 4.79 Å². The number of nitrogens with zero attached hydrogens (tertiary/aromatic N) is 4. The first-order chi connectivity index (χ1) is 16.3. The van der Waals surface area contributed by atoms with Crippen LogP contribution in [0, 0.1) is 13.8 Å². The molecule has 1 aliphatic rings. The van der Waals surface area contributed by atoms with E-state index in [1.165, 1.54) is 4.31 Å². The number of hydrogen-bond donors (Lipinski definition) is 0. The third-order valence-corrected chi connectivity index (χ3v) is 8.15. The normalized spacial score (nSPS) is 15.1. The molecule has 8 heteroatoms. The number of carbonyl (C=O) groups is 1. The minimum absolute atomic E-state index is 0.0947. The van der Waals surface area contributed by atoms with Crippen LogP contribution in [-0.2, 0) is 10.0 Å².